The SMILES string of the molecule is CCCCCC1CCC(C2CCC(CCC3CCC(C)C(=O)O3)CC2)CC1. The van der Waals surface area contributed by atoms with E-state index in [1.807, 2.05) is 6.92 Å². The smallest absolute Gasteiger partial charge is 0.308 e. The number of hydrogen-bond donors (Lipinski definition) is 0. The number of cyclic esters (lactones) is 1. The van der Waals surface area contributed by atoms with Crippen molar-refractivity contribution in [2.75, 3.05) is 0 Å². The summed E-state index contributed by atoms with van der Waals surface area (Å²) >= 11 is 0. The van der Waals surface area contributed by atoms with E-state index in [9.17, 15) is 4.79 Å². The predicted octanol–water partition coefficient (Wildman–Crippen LogP) is 7.30. The van der Waals surface area contributed by atoms with Gasteiger partial charge in [-0.1, -0.05) is 65.2 Å². The molecule has 0 bridgehead atoms. The molecule has 0 aromatic carbocycles. The summed E-state index contributed by atoms with van der Waals surface area (Å²) in [4.78, 5) is 11.7. The Bertz CT molecular complexity index is 430. The summed E-state index contributed by atoms with van der Waals surface area (Å²) in [7, 11) is 0. The average molecular weight is 377 g/mol. The predicted molar refractivity (Wildman–Crippen MR) is 113 cm³/mol. The number of rotatable bonds is 8. The van der Waals surface area contributed by atoms with Gasteiger partial charge in [0.2, 0.25) is 0 Å². The van der Waals surface area contributed by atoms with Crippen LogP contribution in [0.1, 0.15) is 117 Å². The van der Waals surface area contributed by atoms with E-state index < -0.39 is 0 Å². The number of carbonyl (C=O) groups excluding carboxylic acids is 1. The van der Waals surface area contributed by atoms with Crippen molar-refractivity contribution in [2.24, 2.45) is 29.6 Å². The fourth-order valence-corrected chi connectivity index (χ4v) is 6.10. The van der Waals surface area contributed by atoms with Gasteiger partial charge in [0.1, 0.15) is 6.10 Å². The molecule has 1 aliphatic heterocycles. The number of hydrogen-bond acceptors (Lipinski definition) is 2. The minimum Gasteiger partial charge on any atom is -0.462 e. The third-order valence-electron chi connectivity index (χ3n) is 8.17. The van der Waals surface area contributed by atoms with E-state index in [2.05, 4.69) is 6.92 Å². The van der Waals surface area contributed by atoms with Crippen molar-refractivity contribution >= 4 is 5.97 Å². The minimum atomic E-state index is 0.0419. The van der Waals surface area contributed by atoms with E-state index in [0.717, 1.165) is 42.9 Å². The third kappa shape index (κ3) is 6.50. The van der Waals surface area contributed by atoms with Crippen LogP contribution in [0, 0.1) is 29.6 Å². The highest BCUT2D eigenvalue weighted by Gasteiger charge is 2.32. The van der Waals surface area contributed by atoms with Gasteiger partial charge in [-0.05, 0) is 75.0 Å². The van der Waals surface area contributed by atoms with E-state index in [1.165, 1.54) is 83.5 Å². The molecule has 2 saturated carbocycles. The lowest BCUT2D eigenvalue weighted by atomic mass is 9.68. The second-order valence-corrected chi connectivity index (χ2v) is 10.2. The molecule has 3 fully saturated rings. The lowest BCUT2D eigenvalue weighted by Crippen LogP contribution is -2.30. The van der Waals surface area contributed by atoms with Crippen LogP contribution in [0.5, 0.6) is 0 Å². The van der Waals surface area contributed by atoms with Crippen molar-refractivity contribution < 1.29 is 9.53 Å². The van der Waals surface area contributed by atoms with Crippen LogP contribution < -0.4 is 0 Å². The molecule has 3 rings (SSSR count). The van der Waals surface area contributed by atoms with Gasteiger partial charge < -0.3 is 4.74 Å². The minimum absolute atomic E-state index is 0.0419. The zero-order valence-electron chi connectivity index (χ0n) is 18.1. The van der Waals surface area contributed by atoms with E-state index in [4.69, 9.17) is 4.74 Å². The molecule has 2 atom stereocenters. The molecule has 1 saturated heterocycles. The standard InChI is InChI=1S/C25H44O2/c1-3-4-5-6-20-8-13-22(14-9-20)23-15-10-21(11-16-23)12-18-24-17-7-19(2)25(26)27-24/h19-24H,3-18H2,1-2H3. The first-order chi connectivity index (χ1) is 13.2. The maximum atomic E-state index is 11.7. The van der Waals surface area contributed by atoms with Crippen molar-refractivity contribution in [2.45, 2.75) is 123 Å². The molecule has 0 amide bonds. The van der Waals surface area contributed by atoms with E-state index in [1.54, 1.807) is 0 Å². The van der Waals surface area contributed by atoms with Crippen LogP contribution in [-0.4, -0.2) is 12.1 Å². The fourth-order valence-electron chi connectivity index (χ4n) is 6.10. The number of ether oxygens (including phenoxy) is 1. The Balaban J connectivity index is 1.29. The van der Waals surface area contributed by atoms with Crippen LogP contribution in [0.3, 0.4) is 0 Å². The largest absolute Gasteiger partial charge is 0.462 e. The number of carbonyl (C=O) groups is 1. The van der Waals surface area contributed by atoms with Gasteiger partial charge in [0, 0.05) is 0 Å². The van der Waals surface area contributed by atoms with Crippen LogP contribution in [0.25, 0.3) is 0 Å². The average Bonchev–Trinajstić information content (AvgIpc) is 2.70. The summed E-state index contributed by atoms with van der Waals surface area (Å²) in [6, 6.07) is 0. The summed E-state index contributed by atoms with van der Waals surface area (Å²) in [6.45, 7) is 4.31. The van der Waals surface area contributed by atoms with Crippen molar-refractivity contribution in [3.05, 3.63) is 0 Å². The maximum absolute atomic E-state index is 11.7. The third-order valence-corrected chi connectivity index (χ3v) is 8.17. The first kappa shape index (κ1) is 21.2. The molecule has 0 radical (unpaired) electrons. The Hall–Kier alpha value is -0.530. The Kier molecular flexibility index (Phi) is 8.52. The summed E-state index contributed by atoms with van der Waals surface area (Å²) in [5.41, 5.74) is 0. The molecule has 0 aromatic heterocycles. The van der Waals surface area contributed by atoms with Crippen LogP contribution in [-0.2, 0) is 9.53 Å². The number of unbranched alkanes of at least 4 members (excludes halogenated alkanes) is 2. The highest BCUT2D eigenvalue weighted by molar-refractivity contribution is 5.72. The van der Waals surface area contributed by atoms with Crippen LogP contribution in [0.2, 0.25) is 0 Å². The maximum Gasteiger partial charge on any atom is 0.308 e. The molecule has 2 heteroatoms. The number of esters is 1. The molecule has 0 N–H and O–H groups in total. The topological polar surface area (TPSA) is 26.3 Å². The monoisotopic (exact) mass is 376 g/mol. The van der Waals surface area contributed by atoms with E-state index in [0.29, 0.717) is 0 Å². The molecule has 2 unspecified atom stereocenters. The first-order valence-corrected chi connectivity index (χ1v) is 12.4. The lowest BCUT2D eigenvalue weighted by Gasteiger charge is -2.38. The highest BCUT2D eigenvalue weighted by Crippen LogP contribution is 2.43. The fraction of sp³-hybridized carbons (Fsp3) is 0.960. The van der Waals surface area contributed by atoms with E-state index >= 15 is 0 Å². The zero-order chi connectivity index (χ0) is 19.1. The summed E-state index contributed by atoms with van der Waals surface area (Å²) < 4.78 is 5.61. The molecule has 27 heavy (non-hydrogen) atoms. The molecule has 0 aromatic rings. The van der Waals surface area contributed by atoms with Gasteiger partial charge in [0.15, 0.2) is 0 Å². The van der Waals surface area contributed by atoms with Gasteiger partial charge in [0.05, 0.1) is 5.92 Å². The van der Waals surface area contributed by atoms with Crippen molar-refractivity contribution in [1.82, 2.24) is 0 Å². The molecular formula is C25H44O2. The van der Waals surface area contributed by atoms with Gasteiger partial charge >= 0.3 is 5.97 Å². The Morgan fingerprint density at radius 2 is 1.33 bits per heavy atom. The second-order valence-electron chi connectivity index (χ2n) is 10.2. The van der Waals surface area contributed by atoms with Gasteiger partial charge in [-0.3, -0.25) is 4.79 Å². The highest BCUT2D eigenvalue weighted by atomic mass is 16.5. The Morgan fingerprint density at radius 3 is 1.89 bits per heavy atom. The Morgan fingerprint density at radius 1 is 0.741 bits per heavy atom. The van der Waals surface area contributed by atoms with Crippen LogP contribution >= 0.6 is 0 Å². The zero-order valence-corrected chi connectivity index (χ0v) is 18.1. The summed E-state index contributed by atoms with van der Waals surface area (Å²) in [6.07, 6.45) is 22.3. The van der Waals surface area contributed by atoms with Crippen LogP contribution in [0.15, 0.2) is 0 Å². The van der Waals surface area contributed by atoms with Crippen molar-refractivity contribution in [3.8, 4) is 0 Å². The van der Waals surface area contributed by atoms with Gasteiger partial charge in [-0.25, -0.2) is 0 Å². The van der Waals surface area contributed by atoms with Gasteiger partial charge in [-0.15, -0.1) is 0 Å². The quantitative estimate of drug-likeness (QED) is 0.328. The van der Waals surface area contributed by atoms with Gasteiger partial charge in [0.25, 0.3) is 0 Å². The summed E-state index contributed by atoms with van der Waals surface area (Å²) in [5.74, 6) is 4.16. The second kappa shape index (κ2) is 10.9. The molecule has 1 heterocycles. The molecular weight excluding hydrogens is 332 g/mol. The lowest BCUT2D eigenvalue weighted by molar-refractivity contribution is -0.160. The molecule has 3 aliphatic rings. The molecule has 2 nitrogen and oxygen atoms in total. The first-order valence-electron chi connectivity index (χ1n) is 12.4. The summed E-state index contributed by atoms with van der Waals surface area (Å²) in [5, 5.41) is 0. The molecule has 0 spiro atoms. The van der Waals surface area contributed by atoms with Gasteiger partial charge in [-0.2, -0.15) is 0 Å². The Labute approximate surface area is 168 Å². The molecule has 2 aliphatic carbocycles. The van der Waals surface area contributed by atoms with E-state index in [-0.39, 0.29) is 18.0 Å². The van der Waals surface area contributed by atoms with Crippen molar-refractivity contribution in [1.29, 1.82) is 0 Å². The van der Waals surface area contributed by atoms with Crippen molar-refractivity contribution in [3.63, 3.8) is 0 Å². The normalized spacial score (nSPS) is 37.8. The van der Waals surface area contributed by atoms with Crippen LogP contribution in [0.4, 0.5) is 0 Å². The molecule has 156 valence electrons.